The van der Waals surface area contributed by atoms with Crippen LogP contribution in [0.15, 0.2) is 109 Å². The fourth-order valence-electron chi connectivity index (χ4n) is 11.7. The van der Waals surface area contributed by atoms with Gasteiger partial charge in [0.25, 0.3) is 0 Å². The first-order valence-electron chi connectivity index (χ1n) is 23.3. The molecule has 4 saturated carbocycles. The third-order valence-corrected chi connectivity index (χ3v) is 15.4. The summed E-state index contributed by atoms with van der Waals surface area (Å²) in [5.74, 6) is 3.35. The van der Waals surface area contributed by atoms with Gasteiger partial charge in [0.2, 0.25) is 0 Å². The Hall–Kier alpha value is -2.22. The molecule has 4 fully saturated rings. The van der Waals surface area contributed by atoms with Crippen LogP contribution in [0.4, 0.5) is 0 Å². The van der Waals surface area contributed by atoms with E-state index in [0.29, 0.717) is 22.7 Å². The van der Waals surface area contributed by atoms with E-state index < -0.39 is 20.8 Å². The molecule has 2 radical (unpaired) electrons. The van der Waals surface area contributed by atoms with Crippen molar-refractivity contribution in [3.63, 3.8) is 0 Å². The van der Waals surface area contributed by atoms with Crippen LogP contribution in [0.25, 0.3) is 43.8 Å². The summed E-state index contributed by atoms with van der Waals surface area (Å²) in [6, 6.07) is 42.1. The first-order chi connectivity index (χ1) is 29.1. The molecule has 4 aliphatic carbocycles. The van der Waals surface area contributed by atoms with E-state index in [1.807, 2.05) is 0 Å². The second-order valence-corrected chi connectivity index (χ2v) is 24.2. The number of halogens is 2. The standard InChI is InChI=1S/2C27H31.C2H6Si.2ClH.Zr/c2*1-3-19(2)22-7-9-23(10-8-22)25-6-4-5-24-15-21(16-26(24)25)18-27-13-11-20(17-27)12-14-27;1-3-2;;;/h2*4-10,15-16,19-20H,3,11-14,17-18H2,1-2H3;1-2H3;2*1H;/q2*-1;;;;+4/p-2. The van der Waals surface area contributed by atoms with Gasteiger partial charge in [0.05, 0.1) is 0 Å². The van der Waals surface area contributed by atoms with Crippen molar-refractivity contribution in [3.8, 4) is 22.3 Å². The van der Waals surface area contributed by atoms with E-state index in [4.69, 9.17) is 17.0 Å². The average Bonchev–Trinajstić information content (AvgIpc) is 4.15. The normalized spacial score (nSPS) is 23.3. The quantitative estimate of drug-likeness (QED) is 0.0948. The minimum absolute atomic E-state index is 0.632. The van der Waals surface area contributed by atoms with Crippen molar-refractivity contribution in [2.45, 2.75) is 143 Å². The predicted molar refractivity (Wildman–Crippen MR) is 262 cm³/mol. The third kappa shape index (κ3) is 10.6. The molecule has 314 valence electrons. The van der Waals surface area contributed by atoms with Crippen molar-refractivity contribution in [2.75, 3.05) is 0 Å². The molecular weight excluding hydrogens is 863 g/mol. The van der Waals surface area contributed by atoms with Gasteiger partial charge in [-0.1, -0.05) is 113 Å². The molecule has 4 heteroatoms. The Bertz CT molecular complexity index is 2080. The molecule has 0 aromatic heterocycles. The van der Waals surface area contributed by atoms with Gasteiger partial charge in [-0.2, -0.15) is 12.1 Å². The van der Waals surface area contributed by atoms with Crippen molar-refractivity contribution in [2.24, 2.45) is 22.7 Å². The van der Waals surface area contributed by atoms with Crippen molar-refractivity contribution >= 4 is 48.1 Å². The van der Waals surface area contributed by atoms with Crippen LogP contribution in [0.5, 0.6) is 0 Å². The van der Waals surface area contributed by atoms with Crippen LogP contribution < -0.4 is 0 Å². The van der Waals surface area contributed by atoms with Crippen LogP contribution in [0.2, 0.25) is 13.1 Å². The van der Waals surface area contributed by atoms with E-state index in [2.05, 4.69) is 150 Å². The molecular formula is C56H68Cl2SiZr. The Labute approximate surface area is 384 Å². The summed E-state index contributed by atoms with van der Waals surface area (Å²) in [5, 5.41) is 5.70. The Balaban J connectivity index is 0.000000161. The first-order valence-corrected chi connectivity index (χ1v) is 31.6. The maximum absolute atomic E-state index is 4.93. The Kier molecular flexibility index (Phi) is 16.0. The topological polar surface area (TPSA) is 0 Å². The second-order valence-electron chi connectivity index (χ2n) is 19.4. The average molecular weight is 931 g/mol. The third-order valence-electron chi connectivity index (χ3n) is 15.4. The molecule has 6 aromatic rings. The van der Waals surface area contributed by atoms with Gasteiger partial charge < -0.3 is 0 Å². The summed E-state index contributed by atoms with van der Waals surface area (Å²) < 4.78 is 0. The van der Waals surface area contributed by atoms with Gasteiger partial charge in [0.1, 0.15) is 0 Å². The Morgan fingerprint density at radius 2 is 0.950 bits per heavy atom. The molecule has 4 aliphatic rings. The van der Waals surface area contributed by atoms with Crippen LogP contribution in [0.3, 0.4) is 0 Å². The number of fused-ring (bicyclic) bond motifs is 6. The zero-order valence-electron chi connectivity index (χ0n) is 37.4. The zero-order chi connectivity index (χ0) is 42.3. The monoisotopic (exact) mass is 928 g/mol. The molecule has 2 atom stereocenters. The van der Waals surface area contributed by atoms with Crippen LogP contribution in [-0.4, -0.2) is 9.52 Å². The zero-order valence-corrected chi connectivity index (χ0v) is 42.3. The molecule has 0 heterocycles. The van der Waals surface area contributed by atoms with Crippen LogP contribution in [-0.2, 0) is 33.7 Å². The predicted octanol–water partition coefficient (Wildman–Crippen LogP) is 17.9. The van der Waals surface area contributed by atoms with Crippen LogP contribution in [0.1, 0.15) is 139 Å². The number of benzene rings is 4. The molecule has 4 bridgehead atoms. The molecule has 0 N–H and O–H groups in total. The molecule has 0 spiro atoms. The van der Waals surface area contributed by atoms with Gasteiger partial charge in [0.15, 0.2) is 0 Å². The van der Waals surface area contributed by atoms with Crippen molar-refractivity contribution in [3.05, 3.63) is 131 Å². The fraction of sp³-hybridized carbons (Fsp3) is 0.464. The minimum atomic E-state index is -0.826. The van der Waals surface area contributed by atoms with Crippen molar-refractivity contribution < 1.29 is 20.8 Å². The molecule has 0 nitrogen and oxygen atoms in total. The van der Waals surface area contributed by atoms with E-state index in [-0.39, 0.29) is 0 Å². The number of hydrogen-bond donors (Lipinski definition) is 0. The number of hydrogen-bond acceptors (Lipinski definition) is 0. The van der Waals surface area contributed by atoms with Gasteiger partial charge in [0, 0.05) is 9.52 Å². The van der Waals surface area contributed by atoms with E-state index >= 15 is 0 Å². The van der Waals surface area contributed by atoms with Gasteiger partial charge in [-0.05, 0) is 147 Å². The fourth-order valence-corrected chi connectivity index (χ4v) is 11.7. The molecule has 6 aromatic carbocycles. The second kappa shape index (κ2) is 21.0. The summed E-state index contributed by atoms with van der Waals surface area (Å²) >= 11 is -0.826. The van der Waals surface area contributed by atoms with E-state index in [0.717, 1.165) is 21.4 Å². The molecule has 2 unspecified atom stereocenters. The first kappa shape index (κ1) is 45.8. The van der Waals surface area contributed by atoms with E-state index in [1.165, 1.54) is 145 Å². The van der Waals surface area contributed by atoms with Crippen LogP contribution >= 0.6 is 17.0 Å². The number of rotatable bonds is 10. The van der Waals surface area contributed by atoms with Crippen molar-refractivity contribution in [1.29, 1.82) is 0 Å². The summed E-state index contributed by atoms with van der Waals surface area (Å²) in [4.78, 5) is 0. The molecule has 60 heavy (non-hydrogen) atoms. The SMILES string of the molecule is CCC(C)c1ccc(-c2cccc3[cH-]c(CC45CCC(CC4)C5)cc23)cc1.CCC(C)c1ccc(-c2cccc3[cH-]c(CC45CCC(CC4)C5)cc23)cc1.C[Si]C.[Cl][Zr+2][Cl]. The summed E-state index contributed by atoms with van der Waals surface area (Å²) in [7, 11) is 11.0. The van der Waals surface area contributed by atoms with Gasteiger partial charge in [-0.3, -0.25) is 0 Å². The Morgan fingerprint density at radius 1 is 0.600 bits per heavy atom. The molecule has 0 amide bonds. The van der Waals surface area contributed by atoms with Crippen LogP contribution in [0, 0.1) is 22.7 Å². The molecule has 0 aliphatic heterocycles. The van der Waals surface area contributed by atoms with Gasteiger partial charge in [-0.25, -0.2) is 0 Å². The summed E-state index contributed by atoms with van der Waals surface area (Å²) in [6.07, 6.45) is 19.7. The summed E-state index contributed by atoms with van der Waals surface area (Å²) in [6.45, 7) is 13.5. The van der Waals surface area contributed by atoms with Gasteiger partial charge in [-0.15, -0.1) is 69.1 Å². The van der Waals surface area contributed by atoms with E-state index in [1.54, 1.807) is 11.1 Å². The Morgan fingerprint density at radius 3 is 1.25 bits per heavy atom. The maximum atomic E-state index is 4.93. The molecule has 0 saturated heterocycles. The van der Waals surface area contributed by atoms with Crippen molar-refractivity contribution in [1.82, 2.24) is 0 Å². The van der Waals surface area contributed by atoms with E-state index in [9.17, 15) is 0 Å². The molecule has 10 rings (SSSR count). The van der Waals surface area contributed by atoms with Gasteiger partial charge >= 0.3 is 37.9 Å². The summed E-state index contributed by atoms with van der Waals surface area (Å²) in [5.41, 5.74) is 12.8.